The van der Waals surface area contributed by atoms with Crippen LogP contribution in [0.5, 0.6) is 11.5 Å². The molecule has 2 aromatic heterocycles. The van der Waals surface area contributed by atoms with Crippen LogP contribution < -0.4 is 15.4 Å². The minimum Gasteiger partial charge on any atom is -0.452 e. The van der Waals surface area contributed by atoms with Gasteiger partial charge in [-0.3, -0.25) is 4.98 Å². The van der Waals surface area contributed by atoms with Crippen LogP contribution in [0.2, 0.25) is 0 Å². The van der Waals surface area contributed by atoms with E-state index in [0.29, 0.717) is 28.9 Å². The van der Waals surface area contributed by atoms with Gasteiger partial charge >= 0.3 is 0 Å². The molecule has 2 aromatic carbocycles. The molecule has 0 spiro atoms. The lowest BCUT2D eigenvalue weighted by Crippen LogP contribution is -2.26. The van der Waals surface area contributed by atoms with E-state index >= 15 is 0 Å². The Morgan fingerprint density at radius 2 is 1.91 bits per heavy atom. The number of aromatic nitrogens is 3. The highest BCUT2D eigenvalue weighted by Gasteiger charge is 2.11. The lowest BCUT2D eigenvalue weighted by Gasteiger charge is -2.17. The molecule has 5 rings (SSSR count). The molecule has 0 amide bonds. The van der Waals surface area contributed by atoms with Gasteiger partial charge in [0, 0.05) is 34.8 Å². The van der Waals surface area contributed by atoms with E-state index in [4.69, 9.17) is 4.74 Å². The zero-order valence-electron chi connectivity index (χ0n) is 18.8. The van der Waals surface area contributed by atoms with Gasteiger partial charge in [-0.25, -0.2) is 14.4 Å². The van der Waals surface area contributed by atoms with Crippen molar-refractivity contribution >= 4 is 22.4 Å². The van der Waals surface area contributed by atoms with Crippen molar-refractivity contribution < 1.29 is 9.13 Å². The molecular formula is C27H24FN5O. The maximum atomic E-state index is 14.8. The lowest BCUT2D eigenvalue weighted by molar-refractivity contribution is 0.437. The van der Waals surface area contributed by atoms with Crippen LogP contribution in [-0.2, 0) is 0 Å². The van der Waals surface area contributed by atoms with Crippen molar-refractivity contribution in [2.24, 2.45) is 5.92 Å². The first-order chi connectivity index (χ1) is 16.7. The summed E-state index contributed by atoms with van der Waals surface area (Å²) in [5, 5.41) is 7.39. The Morgan fingerprint density at radius 3 is 2.74 bits per heavy atom. The Kier molecular flexibility index (Phi) is 6.32. The van der Waals surface area contributed by atoms with E-state index in [-0.39, 0.29) is 5.75 Å². The number of aryl methyl sites for hydroxylation is 1. The van der Waals surface area contributed by atoms with Crippen LogP contribution >= 0.6 is 0 Å². The maximum Gasteiger partial charge on any atom is 0.167 e. The number of pyridine rings is 1. The standard InChI is InChI=1S/C27H24FN5O/c1-18-25(3-2-12-30-18)34-26-9-7-21(16-23(26)28)33-27-22-15-20(6-8-24(22)31-17-32-27)5-4-19-10-13-29-14-11-19/h2-3,6-9,12,15-17,19,29H,10-11,13-14H2,1H3,(H,31,32,33). The van der Waals surface area contributed by atoms with Crippen LogP contribution in [0.3, 0.4) is 0 Å². The van der Waals surface area contributed by atoms with Crippen molar-refractivity contribution in [3.63, 3.8) is 0 Å². The Morgan fingerprint density at radius 1 is 1.03 bits per heavy atom. The fourth-order valence-corrected chi connectivity index (χ4v) is 3.88. The van der Waals surface area contributed by atoms with Crippen molar-refractivity contribution in [1.82, 2.24) is 20.3 Å². The zero-order chi connectivity index (χ0) is 23.3. The summed E-state index contributed by atoms with van der Waals surface area (Å²) in [5.41, 5.74) is 2.94. The highest BCUT2D eigenvalue weighted by Crippen LogP contribution is 2.30. The van der Waals surface area contributed by atoms with Crippen LogP contribution in [0, 0.1) is 30.5 Å². The van der Waals surface area contributed by atoms with Gasteiger partial charge in [0.15, 0.2) is 11.6 Å². The van der Waals surface area contributed by atoms with Gasteiger partial charge in [-0.2, -0.15) is 0 Å². The van der Waals surface area contributed by atoms with E-state index in [9.17, 15) is 4.39 Å². The van der Waals surface area contributed by atoms with Crippen molar-refractivity contribution in [3.05, 3.63) is 78.1 Å². The van der Waals surface area contributed by atoms with Crippen LogP contribution in [-0.4, -0.2) is 28.0 Å². The third-order valence-electron chi connectivity index (χ3n) is 5.77. The van der Waals surface area contributed by atoms with Gasteiger partial charge in [0.2, 0.25) is 0 Å². The number of fused-ring (bicyclic) bond motifs is 1. The normalized spacial score (nSPS) is 13.8. The van der Waals surface area contributed by atoms with E-state index in [1.54, 1.807) is 30.5 Å². The van der Waals surface area contributed by atoms with Crippen LogP contribution in [0.25, 0.3) is 10.9 Å². The van der Waals surface area contributed by atoms with Crippen LogP contribution in [0.4, 0.5) is 15.9 Å². The number of nitrogens with one attached hydrogen (secondary N) is 2. The average Bonchev–Trinajstić information content (AvgIpc) is 2.86. The topological polar surface area (TPSA) is 72.0 Å². The number of nitrogens with zero attached hydrogens (tertiary/aromatic N) is 3. The molecule has 1 aliphatic heterocycles. The highest BCUT2D eigenvalue weighted by molar-refractivity contribution is 5.91. The molecule has 3 heterocycles. The van der Waals surface area contributed by atoms with E-state index < -0.39 is 5.82 Å². The number of benzene rings is 2. The molecule has 6 nitrogen and oxygen atoms in total. The third-order valence-corrected chi connectivity index (χ3v) is 5.77. The van der Waals surface area contributed by atoms with Crippen molar-refractivity contribution in [1.29, 1.82) is 0 Å². The van der Waals surface area contributed by atoms with E-state index in [0.717, 1.165) is 42.4 Å². The summed E-state index contributed by atoms with van der Waals surface area (Å²) in [6, 6.07) is 14.1. The Bertz CT molecular complexity index is 1390. The predicted octanol–water partition coefficient (Wildman–Crippen LogP) is 5.36. The molecule has 0 bridgehead atoms. The summed E-state index contributed by atoms with van der Waals surface area (Å²) >= 11 is 0. The van der Waals surface area contributed by atoms with Crippen molar-refractivity contribution in [3.8, 4) is 23.3 Å². The molecule has 0 radical (unpaired) electrons. The van der Waals surface area contributed by atoms with Gasteiger partial charge in [-0.1, -0.05) is 11.8 Å². The second-order valence-corrected chi connectivity index (χ2v) is 8.21. The summed E-state index contributed by atoms with van der Waals surface area (Å²) < 4.78 is 20.5. The van der Waals surface area contributed by atoms with E-state index in [1.165, 1.54) is 12.4 Å². The van der Waals surface area contributed by atoms with Crippen molar-refractivity contribution in [2.45, 2.75) is 19.8 Å². The summed E-state index contributed by atoms with van der Waals surface area (Å²) in [6.45, 7) is 3.84. The van der Waals surface area contributed by atoms with Gasteiger partial charge in [-0.15, -0.1) is 0 Å². The number of hydrogen-bond acceptors (Lipinski definition) is 6. The number of hydrogen-bond donors (Lipinski definition) is 2. The molecule has 7 heteroatoms. The molecule has 0 saturated carbocycles. The number of rotatable bonds is 4. The molecule has 2 N–H and O–H groups in total. The Hall–Kier alpha value is -4.02. The van der Waals surface area contributed by atoms with Gasteiger partial charge < -0.3 is 15.4 Å². The first-order valence-electron chi connectivity index (χ1n) is 11.3. The van der Waals surface area contributed by atoms with Crippen molar-refractivity contribution in [2.75, 3.05) is 18.4 Å². The number of anilines is 2. The Labute approximate surface area is 197 Å². The highest BCUT2D eigenvalue weighted by atomic mass is 19.1. The molecule has 170 valence electrons. The first kappa shape index (κ1) is 21.8. The van der Waals surface area contributed by atoms with E-state index in [2.05, 4.69) is 37.4 Å². The minimum absolute atomic E-state index is 0.129. The molecule has 34 heavy (non-hydrogen) atoms. The number of ether oxygens (including phenoxy) is 1. The molecule has 1 saturated heterocycles. The number of halogens is 1. The quantitative estimate of drug-likeness (QED) is 0.406. The summed E-state index contributed by atoms with van der Waals surface area (Å²) in [5.74, 6) is 7.86. The van der Waals surface area contributed by atoms with E-state index in [1.807, 2.05) is 25.1 Å². The van der Waals surface area contributed by atoms with Crippen LogP contribution in [0.1, 0.15) is 24.1 Å². The zero-order valence-corrected chi connectivity index (χ0v) is 18.8. The molecule has 1 aliphatic rings. The van der Waals surface area contributed by atoms with Gasteiger partial charge in [0.1, 0.15) is 17.9 Å². The molecule has 1 fully saturated rings. The van der Waals surface area contributed by atoms with Gasteiger partial charge in [0.25, 0.3) is 0 Å². The van der Waals surface area contributed by atoms with Gasteiger partial charge in [0.05, 0.1) is 11.2 Å². The first-order valence-corrected chi connectivity index (χ1v) is 11.3. The molecule has 0 atom stereocenters. The third kappa shape index (κ3) is 4.98. The minimum atomic E-state index is -0.486. The molecule has 0 unspecified atom stereocenters. The second kappa shape index (κ2) is 9.86. The van der Waals surface area contributed by atoms with Gasteiger partial charge in [-0.05, 0) is 75.3 Å². The Balaban J connectivity index is 1.38. The molecule has 4 aromatic rings. The fourth-order valence-electron chi connectivity index (χ4n) is 3.88. The summed E-state index contributed by atoms with van der Waals surface area (Å²) in [4.78, 5) is 12.9. The lowest BCUT2D eigenvalue weighted by atomic mass is 9.98. The van der Waals surface area contributed by atoms with Crippen LogP contribution in [0.15, 0.2) is 61.1 Å². The monoisotopic (exact) mass is 453 g/mol. The summed E-state index contributed by atoms with van der Waals surface area (Å²) in [7, 11) is 0. The average molecular weight is 454 g/mol. The predicted molar refractivity (Wildman–Crippen MR) is 131 cm³/mol. The molecule has 0 aliphatic carbocycles. The SMILES string of the molecule is Cc1ncccc1Oc1ccc(Nc2ncnc3ccc(C#CC4CCNCC4)cc23)cc1F. The summed E-state index contributed by atoms with van der Waals surface area (Å²) in [6.07, 6.45) is 5.30. The maximum absolute atomic E-state index is 14.8. The smallest absolute Gasteiger partial charge is 0.167 e. The largest absolute Gasteiger partial charge is 0.452 e. The second-order valence-electron chi connectivity index (χ2n) is 8.21. The molecular weight excluding hydrogens is 429 g/mol. The number of piperidine rings is 1. The fraction of sp³-hybridized carbons (Fsp3) is 0.222.